The number of aromatic nitrogens is 2. The third-order valence-corrected chi connectivity index (χ3v) is 3.36. The highest BCUT2D eigenvalue weighted by molar-refractivity contribution is 5.80. The number of carbonyl (C=O) groups excluding carboxylic acids is 1. The van der Waals surface area contributed by atoms with Crippen molar-refractivity contribution < 1.29 is 9.53 Å². The molecule has 6 heteroatoms. The van der Waals surface area contributed by atoms with Gasteiger partial charge < -0.3 is 15.0 Å². The molecule has 2 unspecified atom stereocenters. The van der Waals surface area contributed by atoms with Gasteiger partial charge in [-0.05, 0) is 19.3 Å². The van der Waals surface area contributed by atoms with E-state index in [1.807, 2.05) is 4.57 Å². The summed E-state index contributed by atoms with van der Waals surface area (Å²) in [4.78, 5) is 15.7. The normalized spacial score (nSPS) is 20.6. The van der Waals surface area contributed by atoms with Crippen molar-refractivity contribution >= 4 is 5.91 Å². The van der Waals surface area contributed by atoms with E-state index < -0.39 is 6.04 Å². The molecule has 2 heterocycles. The van der Waals surface area contributed by atoms with Gasteiger partial charge in [-0.3, -0.25) is 10.1 Å². The molecular weight excluding hydrogens is 244 g/mol. The topological polar surface area (TPSA) is 82.2 Å². The van der Waals surface area contributed by atoms with Crippen LogP contribution in [0.4, 0.5) is 0 Å². The fourth-order valence-corrected chi connectivity index (χ4v) is 2.40. The maximum atomic E-state index is 11.6. The van der Waals surface area contributed by atoms with Crippen molar-refractivity contribution in [3.8, 4) is 0 Å². The molecule has 1 aromatic rings. The van der Waals surface area contributed by atoms with E-state index in [4.69, 9.17) is 10.5 Å². The van der Waals surface area contributed by atoms with Gasteiger partial charge >= 0.3 is 0 Å². The highest BCUT2D eigenvalue weighted by atomic mass is 16.5. The number of imidazole rings is 1. The van der Waals surface area contributed by atoms with E-state index in [1.165, 1.54) is 0 Å². The van der Waals surface area contributed by atoms with Gasteiger partial charge in [-0.25, -0.2) is 4.98 Å². The van der Waals surface area contributed by atoms with Crippen LogP contribution in [0.1, 0.15) is 37.9 Å². The lowest BCUT2D eigenvalue weighted by atomic mass is 10.1. The molecule has 6 nitrogen and oxygen atoms in total. The van der Waals surface area contributed by atoms with Crippen LogP contribution < -0.4 is 11.1 Å². The Balaban J connectivity index is 2.01. The Bertz CT molecular complexity index is 413. The van der Waals surface area contributed by atoms with Gasteiger partial charge in [0.1, 0.15) is 6.04 Å². The molecule has 3 N–H and O–H groups in total. The van der Waals surface area contributed by atoms with Crippen molar-refractivity contribution in [3.63, 3.8) is 0 Å². The van der Waals surface area contributed by atoms with Crippen LogP contribution in [0, 0.1) is 0 Å². The van der Waals surface area contributed by atoms with Crippen LogP contribution in [0.3, 0.4) is 0 Å². The van der Waals surface area contributed by atoms with Gasteiger partial charge in [-0.1, -0.05) is 6.92 Å². The molecule has 0 aliphatic carbocycles. The average Bonchev–Trinajstić information content (AvgIpc) is 3.02. The molecule has 1 aliphatic rings. The minimum absolute atomic E-state index is 0.185. The summed E-state index contributed by atoms with van der Waals surface area (Å²) in [5.41, 5.74) is 6.32. The summed E-state index contributed by atoms with van der Waals surface area (Å²) in [6.07, 6.45) is 6.73. The van der Waals surface area contributed by atoms with Crippen LogP contribution >= 0.6 is 0 Å². The van der Waals surface area contributed by atoms with Crippen LogP contribution in [0.15, 0.2) is 12.5 Å². The largest absolute Gasteiger partial charge is 0.377 e. The Hall–Kier alpha value is -1.40. The van der Waals surface area contributed by atoms with Gasteiger partial charge in [0.05, 0.1) is 24.3 Å². The van der Waals surface area contributed by atoms with Crippen LogP contribution in [-0.2, 0) is 16.1 Å². The number of hydrogen-bond donors (Lipinski definition) is 2. The first kappa shape index (κ1) is 14.0. The number of aryl methyl sites for hydroxylation is 1. The fraction of sp³-hybridized carbons (Fsp3) is 0.692. The molecule has 0 radical (unpaired) electrons. The molecule has 19 heavy (non-hydrogen) atoms. The minimum Gasteiger partial charge on any atom is -0.377 e. The molecule has 2 atom stereocenters. The van der Waals surface area contributed by atoms with Gasteiger partial charge in [0.2, 0.25) is 5.91 Å². The van der Waals surface area contributed by atoms with E-state index >= 15 is 0 Å². The summed E-state index contributed by atoms with van der Waals surface area (Å²) in [5.74, 6) is -0.379. The first-order valence-corrected chi connectivity index (χ1v) is 6.86. The number of nitrogens with zero attached hydrogens (tertiary/aromatic N) is 2. The van der Waals surface area contributed by atoms with Crippen molar-refractivity contribution in [1.82, 2.24) is 14.9 Å². The third kappa shape index (κ3) is 3.54. The molecule has 106 valence electrons. The maximum absolute atomic E-state index is 11.6. The van der Waals surface area contributed by atoms with Gasteiger partial charge in [0.15, 0.2) is 0 Å². The summed E-state index contributed by atoms with van der Waals surface area (Å²) in [7, 11) is 0. The molecule has 1 saturated heterocycles. The van der Waals surface area contributed by atoms with Gasteiger partial charge in [-0.15, -0.1) is 0 Å². The standard InChI is InChI=1S/C13H22N4O2/c1-2-5-17-9-15-8-11(17)12(13(14)18)16-7-10-4-3-6-19-10/h8-10,12,16H,2-7H2,1H3,(H2,14,18). The smallest absolute Gasteiger partial charge is 0.240 e. The molecule has 0 spiro atoms. The van der Waals surface area contributed by atoms with Gasteiger partial charge in [0.25, 0.3) is 0 Å². The number of nitrogens with one attached hydrogen (secondary N) is 1. The van der Waals surface area contributed by atoms with Crippen molar-refractivity contribution in [2.75, 3.05) is 13.2 Å². The first-order valence-electron chi connectivity index (χ1n) is 6.86. The van der Waals surface area contributed by atoms with Crippen LogP contribution in [0.25, 0.3) is 0 Å². The van der Waals surface area contributed by atoms with Crippen LogP contribution in [0.2, 0.25) is 0 Å². The van der Waals surface area contributed by atoms with Crippen molar-refractivity contribution in [1.29, 1.82) is 0 Å². The van der Waals surface area contributed by atoms with Crippen molar-refractivity contribution in [3.05, 3.63) is 18.2 Å². The molecule has 0 bridgehead atoms. The zero-order valence-corrected chi connectivity index (χ0v) is 11.3. The number of hydrogen-bond acceptors (Lipinski definition) is 4. The lowest BCUT2D eigenvalue weighted by Crippen LogP contribution is -2.38. The first-order chi connectivity index (χ1) is 9.22. The summed E-state index contributed by atoms with van der Waals surface area (Å²) in [6, 6.07) is -0.502. The van der Waals surface area contributed by atoms with Crippen LogP contribution in [0.5, 0.6) is 0 Å². The molecule has 1 aliphatic heterocycles. The number of rotatable bonds is 7. The molecular formula is C13H22N4O2. The van der Waals surface area contributed by atoms with E-state index in [1.54, 1.807) is 12.5 Å². The monoisotopic (exact) mass is 266 g/mol. The Morgan fingerprint density at radius 1 is 1.74 bits per heavy atom. The second-order valence-electron chi connectivity index (χ2n) is 4.89. The predicted molar refractivity (Wildman–Crippen MR) is 71.4 cm³/mol. The van der Waals surface area contributed by atoms with Crippen molar-refractivity contribution in [2.45, 2.75) is 44.9 Å². The van der Waals surface area contributed by atoms with Gasteiger partial charge in [-0.2, -0.15) is 0 Å². The zero-order chi connectivity index (χ0) is 13.7. The predicted octanol–water partition coefficient (Wildman–Crippen LogP) is 0.588. The number of carbonyl (C=O) groups is 1. The maximum Gasteiger partial charge on any atom is 0.240 e. The summed E-state index contributed by atoms with van der Waals surface area (Å²) in [5, 5.41) is 3.20. The van der Waals surface area contributed by atoms with E-state index in [2.05, 4.69) is 17.2 Å². The fourth-order valence-electron chi connectivity index (χ4n) is 2.40. The Morgan fingerprint density at radius 3 is 3.21 bits per heavy atom. The summed E-state index contributed by atoms with van der Waals surface area (Å²) in [6.45, 7) is 4.37. The molecule has 1 aromatic heterocycles. The Kier molecular flexibility index (Phi) is 4.93. The minimum atomic E-state index is -0.502. The van der Waals surface area contributed by atoms with Crippen molar-refractivity contribution in [2.24, 2.45) is 5.73 Å². The molecule has 2 rings (SSSR count). The van der Waals surface area contributed by atoms with E-state index in [-0.39, 0.29) is 12.0 Å². The summed E-state index contributed by atoms with van der Waals surface area (Å²) < 4.78 is 7.51. The molecule has 0 aromatic carbocycles. The number of amides is 1. The average molecular weight is 266 g/mol. The van der Waals surface area contributed by atoms with Crippen LogP contribution in [-0.4, -0.2) is 34.7 Å². The number of primary amides is 1. The molecule has 1 amide bonds. The SMILES string of the molecule is CCCn1cncc1C(NCC1CCCO1)C(N)=O. The van der Waals surface area contributed by atoms with Gasteiger partial charge in [0, 0.05) is 19.7 Å². The number of nitrogens with two attached hydrogens (primary N) is 1. The second-order valence-corrected chi connectivity index (χ2v) is 4.89. The summed E-state index contributed by atoms with van der Waals surface area (Å²) >= 11 is 0. The second kappa shape index (κ2) is 6.68. The lowest BCUT2D eigenvalue weighted by molar-refractivity contribution is -0.120. The Morgan fingerprint density at radius 2 is 2.58 bits per heavy atom. The van der Waals surface area contributed by atoms with E-state index in [0.717, 1.165) is 38.1 Å². The molecule has 0 saturated carbocycles. The lowest BCUT2D eigenvalue weighted by Gasteiger charge is -2.19. The third-order valence-electron chi connectivity index (χ3n) is 3.36. The number of ether oxygens (including phenoxy) is 1. The highest BCUT2D eigenvalue weighted by Gasteiger charge is 2.24. The van der Waals surface area contributed by atoms with E-state index in [9.17, 15) is 4.79 Å². The molecule has 1 fully saturated rings. The quantitative estimate of drug-likeness (QED) is 0.756. The highest BCUT2D eigenvalue weighted by Crippen LogP contribution is 2.15. The van der Waals surface area contributed by atoms with E-state index in [0.29, 0.717) is 6.54 Å². The Labute approximate surface area is 113 Å². The zero-order valence-electron chi connectivity index (χ0n) is 11.3.